The minimum Gasteiger partial charge on any atom is -0.459 e. The van der Waals surface area contributed by atoms with Crippen molar-refractivity contribution < 1.29 is 23.8 Å². The highest BCUT2D eigenvalue weighted by molar-refractivity contribution is 7.99. The van der Waals surface area contributed by atoms with Gasteiger partial charge in [-0.3, -0.25) is 0 Å². The molecule has 9 heteroatoms. The van der Waals surface area contributed by atoms with Crippen molar-refractivity contribution >= 4 is 23.7 Å². The van der Waals surface area contributed by atoms with Crippen LogP contribution in [0, 0.1) is 0 Å². The van der Waals surface area contributed by atoms with Gasteiger partial charge in [0.15, 0.2) is 11.3 Å². The molecule has 2 aromatic carbocycles. The Morgan fingerprint density at radius 3 is 2.14 bits per heavy atom. The Hall–Kier alpha value is -3.27. The van der Waals surface area contributed by atoms with Crippen LogP contribution in [0.15, 0.2) is 84.3 Å². The fourth-order valence-corrected chi connectivity index (χ4v) is 4.83. The van der Waals surface area contributed by atoms with E-state index in [1.807, 2.05) is 31.1 Å². The number of carbonyl (C=O) groups excluding carboxylic acids is 2. The van der Waals surface area contributed by atoms with Gasteiger partial charge in [-0.1, -0.05) is 48.2 Å². The number of carbonyl (C=O) groups is 2. The number of aromatic nitrogens is 2. The van der Waals surface area contributed by atoms with E-state index in [0.717, 1.165) is 0 Å². The van der Waals surface area contributed by atoms with Gasteiger partial charge in [-0.2, -0.15) is 0 Å². The van der Waals surface area contributed by atoms with Crippen molar-refractivity contribution in [2.24, 2.45) is 0 Å². The number of rotatable bonds is 8. The lowest BCUT2D eigenvalue weighted by Gasteiger charge is -2.43. The highest BCUT2D eigenvalue weighted by Gasteiger charge is 2.44. The average molecular weight is 494 g/mol. The maximum atomic E-state index is 12.9. The first-order chi connectivity index (χ1) is 17.0. The number of benzene rings is 2. The molecule has 1 aliphatic rings. The zero-order chi connectivity index (χ0) is 24.6. The van der Waals surface area contributed by atoms with Crippen molar-refractivity contribution in [2.45, 2.75) is 35.3 Å². The fraction of sp³-hybridized carbons (Fsp3) is 0.308. The molecule has 3 aromatic rings. The van der Waals surface area contributed by atoms with Crippen LogP contribution >= 0.6 is 11.8 Å². The normalized spacial score (nSPS) is 21.9. The topological polar surface area (TPSA) is 90.8 Å². The summed E-state index contributed by atoms with van der Waals surface area (Å²) in [5.41, 5.74) is 0.334. The van der Waals surface area contributed by atoms with Gasteiger partial charge in [-0.25, -0.2) is 19.6 Å². The predicted octanol–water partition coefficient (Wildman–Crippen LogP) is 3.70. The van der Waals surface area contributed by atoms with Crippen molar-refractivity contribution in [3.8, 4) is 0 Å². The third-order valence-corrected chi connectivity index (χ3v) is 6.60. The maximum absolute atomic E-state index is 12.9. The molecule has 4 rings (SSSR count). The summed E-state index contributed by atoms with van der Waals surface area (Å²) in [5.74, 6) is -0.844. The van der Waals surface area contributed by atoms with Crippen LogP contribution in [0.5, 0.6) is 0 Å². The highest BCUT2D eigenvalue weighted by atomic mass is 32.2. The largest absolute Gasteiger partial charge is 0.459 e. The summed E-state index contributed by atoms with van der Waals surface area (Å²) in [6.07, 6.45) is 2.79. The Morgan fingerprint density at radius 2 is 1.54 bits per heavy atom. The van der Waals surface area contributed by atoms with Crippen molar-refractivity contribution in [3.05, 3.63) is 90.3 Å². The number of ether oxygens (including phenoxy) is 3. The number of thioether (sulfide) groups is 1. The molecule has 0 radical (unpaired) electrons. The van der Waals surface area contributed by atoms with Gasteiger partial charge in [0.25, 0.3) is 0 Å². The van der Waals surface area contributed by atoms with Gasteiger partial charge in [0.1, 0.15) is 12.0 Å². The Labute approximate surface area is 208 Å². The Bertz CT molecular complexity index is 1100. The van der Waals surface area contributed by atoms with E-state index in [-0.39, 0.29) is 12.6 Å². The van der Waals surface area contributed by atoms with E-state index >= 15 is 0 Å². The van der Waals surface area contributed by atoms with Crippen LogP contribution in [0.4, 0.5) is 0 Å². The minimum absolute atomic E-state index is 0.0735. The monoisotopic (exact) mass is 493 g/mol. The van der Waals surface area contributed by atoms with Gasteiger partial charge in [-0.15, -0.1) is 0 Å². The highest BCUT2D eigenvalue weighted by Crippen LogP contribution is 2.35. The first-order valence-electron chi connectivity index (χ1n) is 11.2. The molecule has 35 heavy (non-hydrogen) atoms. The van der Waals surface area contributed by atoms with Crippen LogP contribution in [0.1, 0.15) is 27.1 Å². The van der Waals surface area contributed by atoms with Gasteiger partial charge < -0.3 is 19.1 Å². The van der Waals surface area contributed by atoms with E-state index in [2.05, 4.69) is 9.97 Å². The molecule has 1 aromatic heterocycles. The molecule has 0 aliphatic carbocycles. The van der Waals surface area contributed by atoms with E-state index < -0.39 is 29.6 Å². The van der Waals surface area contributed by atoms with E-state index in [0.29, 0.717) is 22.7 Å². The number of esters is 2. The Morgan fingerprint density at radius 1 is 0.943 bits per heavy atom. The van der Waals surface area contributed by atoms with Gasteiger partial charge >= 0.3 is 11.9 Å². The second-order valence-corrected chi connectivity index (χ2v) is 9.31. The van der Waals surface area contributed by atoms with E-state index in [1.165, 1.54) is 11.8 Å². The minimum atomic E-state index is -0.605. The lowest BCUT2D eigenvalue weighted by atomic mass is 9.99. The van der Waals surface area contributed by atoms with E-state index in [9.17, 15) is 9.59 Å². The number of hydrogen-bond donors (Lipinski definition) is 0. The molecule has 182 valence electrons. The quantitative estimate of drug-likeness (QED) is 0.344. The zero-order valence-electron chi connectivity index (χ0n) is 19.5. The summed E-state index contributed by atoms with van der Waals surface area (Å²) in [5, 5.41) is 0.498. The van der Waals surface area contributed by atoms with Gasteiger partial charge in [-0.05, 0) is 50.8 Å². The van der Waals surface area contributed by atoms with Gasteiger partial charge in [0, 0.05) is 12.4 Å². The van der Waals surface area contributed by atoms with Crippen LogP contribution < -0.4 is 0 Å². The van der Waals surface area contributed by atoms with E-state index in [4.69, 9.17) is 14.2 Å². The molecule has 1 fully saturated rings. The number of likely N-dealkylation sites (N-methyl/N-ethyl adjacent to an activating group) is 1. The molecule has 0 saturated carbocycles. The molecule has 0 bridgehead atoms. The number of nitrogens with zero attached hydrogens (tertiary/aromatic N) is 3. The third-order valence-electron chi connectivity index (χ3n) is 5.57. The lowest BCUT2D eigenvalue weighted by molar-refractivity contribution is -0.128. The van der Waals surface area contributed by atoms with Crippen LogP contribution in [-0.4, -0.2) is 71.2 Å². The molecular formula is C26H27N3O5S. The van der Waals surface area contributed by atoms with Crippen molar-refractivity contribution in [1.29, 1.82) is 0 Å². The molecular weight excluding hydrogens is 466 g/mol. The van der Waals surface area contributed by atoms with Crippen molar-refractivity contribution in [1.82, 2.24) is 14.9 Å². The Kier molecular flexibility index (Phi) is 8.46. The maximum Gasteiger partial charge on any atom is 0.338 e. The second-order valence-electron chi connectivity index (χ2n) is 8.24. The third kappa shape index (κ3) is 6.66. The first kappa shape index (κ1) is 24.8. The summed E-state index contributed by atoms with van der Waals surface area (Å²) in [7, 11) is 3.85. The molecule has 1 saturated heterocycles. The fourth-order valence-electron chi connectivity index (χ4n) is 3.79. The summed E-state index contributed by atoms with van der Waals surface area (Å²) < 4.78 is 17.8. The summed E-state index contributed by atoms with van der Waals surface area (Å²) in [6.45, 7) is 0.0735. The smallest absolute Gasteiger partial charge is 0.338 e. The molecule has 0 unspecified atom stereocenters. The van der Waals surface area contributed by atoms with Crippen LogP contribution in [0.2, 0.25) is 0 Å². The van der Waals surface area contributed by atoms with E-state index in [1.54, 1.807) is 67.0 Å². The summed E-state index contributed by atoms with van der Waals surface area (Å²) in [6, 6.07) is 19.2. The van der Waals surface area contributed by atoms with Gasteiger partial charge in [0.05, 0.1) is 23.3 Å². The van der Waals surface area contributed by atoms with Gasteiger partial charge in [0.2, 0.25) is 0 Å². The summed E-state index contributed by atoms with van der Waals surface area (Å²) in [4.78, 5) is 36.0. The van der Waals surface area contributed by atoms with Crippen molar-refractivity contribution in [2.75, 3.05) is 20.7 Å². The van der Waals surface area contributed by atoms with Crippen LogP contribution in [-0.2, 0) is 14.2 Å². The summed E-state index contributed by atoms with van der Waals surface area (Å²) >= 11 is 1.28. The van der Waals surface area contributed by atoms with Crippen LogP contribution in [0.3, 0.4) is 0 Å². The Balaban J connectivity index is 1.52. The number of hydrogen-bond acceptors (Lipinski definition) is 9. The molecule has 4 atom stereocenters. The zero-order valence-corrected chi connectivity index (χ0v) is 20.3. The molecule has 0 spiro atoms. The molecule has 1 aliphatic heterocycles. The SMILES string of the molecule is CN(C)[C@H]1C[C@@H](COC(=O)c2ccccc2)O[C@@H](Sc2ncccn2)[C@@H]1OC(=O)c1ccccc1. The standard InChI is InChI=1S/C26H27N3O5S/c1-29(2)21-16-20(17-32-23(30)18-10-5-3-6-11-18)33-25(35-26-27-14-9-15-28-26)22(21)34-24(31)19-12-7-4-8-13-19/h3-15,20-22,25H,16-17H2,1-2H3/t20-,21-,22+,25-/m0/s1. The van der Waals surface area contributed by atoms with Crippen LogP contribution in [0.25, 0.3) is 0 Å². The first-order valence-corrected chi connectivity index (χ1v) is 12.1. The molecule has 0 N–H and O–H groups in total. The predicted molar refractivity (Wildman–Crippen MR) is 131 cm³/mol. The van der Waals surface area contributed by atoms with Crippen molar-refractivity contribution in [3.63, 3.8) is 0 Å². The molecule has 8 nitrogen and oxygen atoms in total. The average Bonchev–Trinajstić information content (AvgIpc) is 2.89. The lowest BCUT2D eigenvalue weighted by Crippen LogP contribution is -2.55. The molecule has 0 amide bonds. The second kappa shape index (κ2) is 11.9. The molecule has 2 heterocycles.